The van der Waals surface area contributed by atoms with Crippen LogP contribution >= 0.6 is 0 Å². The number of carbonyl (C=O) groups is 1. The molecule has 0 heterocycles. The Balaban J connectivity index is 3.63. The molecule has 0 aliphatic heterocycles. The molecule has 3 nitrogen and oxygen atoms in total. The Morgan fingerprint density at radius 1 is 1.35 bits per heavy atom. The molecule has 1 N–H and O–H groups in total. The Morgan fingerprint density at radius 3 is 2.65 bits per heavy atom. The number of hydrogen-bond donors (Lipinski definition) is 1. The van der Waals surface area contributed by atoms with Crippen LogP contribution in [0.25, 0.3) is 0 Å². The van der Waals surface area contributed by atoms with Gasteiger partial charge in [-0.2, -0.15) is 0 Å². The van der Waals surface area contributed by atoms with Crippen molar-refractivity contribution in [2.45, 2.75) is 58.9 Å². The average molecular weight is 241 g/mol. The van der Waals surface area contributed by atoms with Gasteiger partial charge < -0.3 is 10.1 Å². The summed E-state index contributed by atoms with van der Waals surface area (Å²) >= 11 is 0. The molecule has 1 unspecified atom stereocenters. The number of unbranched alkanes of at least 4 members (excludes halogenated alkanes) is 3. The molecule has 0 aliphatic carbocycles. The van der Waals surface area contributed by atoms with Crippen LogP contribution < -0.4 is 5.32 Å². The van der Waals surface area contributed by atoms with Crippen LogP contribution in [-0.2, 0) is 9.53 Å². The van der Waals surface area contributed by atoms with E-state index in [4.69, 9.17) is 0 Å². The first-order valence-corrected chi connectivity index (χ1v) is 6.60. The van der Waals surface area contributed by atoms with E-state index in [0.717, 1.165) is 6.54 Å². The molecule has 0 aromatic rings. The van der Waals surface area contributed by atoms with Gasteiger partial charge in [-0.25, -0.2) is 4.79 Å². The van der Waals surface area contributed by atoms with Crippen LogP contribution in [-0.4, -0.2) is 25.7 Å². The van der Waals surface area contributed by atoms with E-state index in [0.29, 0.717) is 11.6 Å². The molecule has 0 saturated heterocycles. The number of ether oxygens (including phenoxy) is 1. The van der Waals surface area contributed by atoms with Crippen molar-refractivity contribution in [2.75, 3.05) is 13.7 Å². The van der Waals surface area contributed by atoms with Crippen LogP contribution in [0, 0.1) is 0 Å². The van der Waals surface area contributed by atoms with E-state index in [9.17, 15) is 4.79 Å². The molecule has 0 rings (SSSR count). The van der Waals surface area contributed by atoms with Crippen molar-refractivity contribution in [3.63, 3.8) is 0 Å². The third kappa shape index (κ3) is 8.93. The molecule has 17 heavy (non-hydrogen) atoms. The van der Waals surface area contributed by atoms with Crippen molar-refractivity contribution >= 4 is 5.97 Å². The van der Waals surface area contributed by atoms with Crippen molar-refractivity contribution < 1.29 is 9.53 Å². The molecule has 0 fully saturated rings. The summed E-state index contributed by atoms with van der Waals surface area (Å²) in [5.41, 5.74) is 0.665. The standard InChI is InChI=1S/C14H27NO2/c1-5-6-7-8-9-13(3)15-11-10-12(2)14(16)17-4/h10,13,15H,5-9,11H2,1-4H3/b12-10-. The van der Waals surface area contributed by atoms with E-state index in [1.807, 2.05) is 6.08 Å². The van der Waals surface area contributed by atoms with Crippen molar-refractivity contribution in [1.82, 2.24) is 5.32 Å². The van der Waals surface area contributed by atoms with Crippen LogP contribution in [0.1, 0.15) is 52.9 Å². The maximum atomic E-state index is 11.1. The highest BCUT2D eigenvalue weighted by atomic mass is 16.5. The molecule has 0 aromatic carbocycles. The molecule has 0 bridgehead atoms. The zero-order valence-electron chi connectivity index (χ0n) is 11.7. The van der Waals surface area contributed by atoms with E-state index >= 15 is 0 Å². The minimum Gasteiger partial charge on any atom is -0.466 e. The molecule has 0 spiro atoms. The molecular formula is C14H27NO2. The maximum Gasteiger partial charge on any atom is 0.333 e. The first kappa shape index (κ1) is 16.2. The number of nitrogens with one attached hydrogen (secondary N) is 1. The fourth-order valence-corrected chi connectivity index (χ4v) is 1.64. The summed E-state index contributed by atoms with van der Waals surface area (Å²) in [6, 6.07) is 0.508. The van der Waals surface area contributed by atoms with Gasteiger partial charge in [0, 0.05) is 18.2 Å². The Hall–Kier alpha value is -0.830. The smallest absolute Gasteiger partial charge is 0.333 e. The second-order valence-corrected chi connectivity index (χ2v) is 4.54. The van der Waals surface area contributed by atoms with E-state index in [-0.39, 0.29) is 5.97 Å². The van der Waals surface area contributed by atoms with Crippen LogP contribution in [0.4, 0.5) is 0 Å². The van der Waals surface area contributed by atoms with Gasteiger partial charge in [0.2, 0.25) is 0 Å². The first-order valence-electron chi connectivity index (χ1n) is 6.60. The lowest BCUT2D eigenvalue weighted by Crippen LogP contribution is -2.26. The highest BCUT2D eigenvalue weighted by Gasteiger charge is 2.03. The van der Waals surface area contributed by atoms with E-state index < -0.39 is 0 Å². The highest BCUT2D eigenvalue weighted by Crippen LogP contribution is 2.05. The average Bonchev–Trinajstić information content (AvgIpc) is 2.33. The van der Waals surface area contributed by atoms with Gasteiger partial charge in [0.15, 0.2) is 0 Å². The van der Waals surface area contributed by atoms with Crippen LogP contribution in [0.3, 0.4) is 0 Å². The fourth-order valence-electron chi connectivity index (χ4n) is 1.64. The summed E-state index contributed by atoms with van der Waals surface area (Å²) in [6.45, 7) is 6.92. The van der Waals surface area contributed by atoms with Crippen LogP contribution in [0.5, 0.6) is 0 Å². The third-order valence-electron chi connectivity index (χ3n) is 2.87. The second kappa shape index (κ2) is 10.3. The van der Waals surface area contributed by atoms with Gasteiger partial charge in [-0.05, 0) is 20.3 Å². The number of methoxy groups -OCH3 is 1. The summed E-state index contributed by atoms with van der Waals surface area (Å²) in [7, 11) is 1.41. The van der Waals surface area contributed by atoms with Crippen molar-refractivity contribution in [3.8, 4) is 0 Å². The van der Waals surface area contributed by atoms with Gasteiger partial charge >= 0.3 is 5.97 Å². The predicted octanol–water partition coefficient (Wildman–Crippen LogP) is 3.05. The summed E-state index contributed by atoms with van der Waals surface area (Å²) in [6.07, 6.45) is 8.29. The van der Waals surface area contributed by atoms with Crippen LogP contribution in [0.15, 0.2) is 11.6 Å². The highest BCUT2D eigenvalue weighted by molar-refractivity contribution is 5.87. The molecule has 0 amide bonds. The quantitative estimate of drug-likeness (QED) is 0.383. The molecule has 0 radical (unpaired) electrons. The first-order chi connectivity index (χ1) is 8.11. The molecule has 3 heteroatoms. The second-order valence-electron chi connectivity index (χ2n) is 4.54. The van der Waals surface area contributed by atoms with E-state index in [1.54, 1.807) is 6.92 Å². The minimum absolute atomic E-state index is 0.248. The van der Waals surface area contributed by atoms with Gasteiger partial charge in [0.25, 0.3) is 0 Å². The van der Waals surface area contributed by atoms with E-state index in [2.05, 4.69) is 23.9 Å². The third-order valence-corrected chi connectivity index (χ3v) is 2.87. The van der Waals surface area contributed by atoms with Gasteiger partial charge in [0.05, 0.1) is 7.11 Å². The lowest BCUT2D eigenvalue weighted by molar-refractivity contribution is -0.136. The Labute approximate surface area is 106 Å². The van der Waals surface area contributed by atoms with Gasteiger partial charge in [-0.15, -0.1) is 0 Å². The molecule has 0 aromatic heterocycles. The Bertz CT molecular complexity index is 236. The summed E-state index contributed by atoms with van der Waals surface area (Å²) in [5, 5.41) is 3.39. The molecule has 0 aliphatic rings. The topological polar surface area (TPSA) is 38.3 Å². The maximum absolute atomic E-state index is 11.1. The summed E-state index contributed by atoms with van der Waals surface area (Å²) < 4.78 is 4.63. The zero-order chi connectivity index (χ0) is 13.1. The minimum atomic E-state index is -0.248. The van der Waals surface area contributed by atoms with Gasteiger partial charge in [-0.3, -0.25) is 0 Å². The normalized spacial score (nSPS) is 13.5. The lowest BCUT2D eigenvalue weighted by atomic mass is 10.1. The zero-order valence-corrected chi connectivity index (χ0v) is 11.7. The monoisotopic (exact) mass is 241 g/mol. The van der Waals surface area contributed by atoms with Gasteiger partial charge in [-0.1, -0.05) is 38.7 Å². The number of hydrogen-bond acceptors (Lipinski definition) is 3. The van der Waals surface area contributed by atoms with Crippen molar-refractivity contribution in [3.05, 3.63) is 11.6 Å². The molecule has 0 saturated carbocycles. The van der Waals surface area contributed by atoms with Crippen LogP contribution in [0.2, 0.25) is 0 Å². The predicted molar refractivity (Wildman–Crippen MR) is 72.0 cm³/mol. The van der Waals surface area contributed by atoms with Crippen molar-refractivity contribution in [1.29, 1.82) is 0 Å². The number of carbonyl (C=O) groups excluding carboxylic acids is 1. The van der Waals surface area contributed by atoms with Gasteiger partial charge in [0.1, 0.15) is 0 Å². The lowest BCUT2D eigenvalue weighted by Gasteiger charge is -2.12. The number of rotatable bonds is 9. The Morgan fingerprint density at radius 2 is 2.06 bits per heavy atom. The SMILES string of the molecule is CCCCCCC(C)NC/C=C(/C)C(=O)OC. The molecule has 1 atom stereocenters. The fraction of sp³-hybridized carbons (Fsp3) is 0.786. The largest absolute Gasteiger partial charge is 0.466 e. The Kier molecular flexibility index (Phi) is 9.83. The summed E-state index contributed by atoms with van der Waals surface area (Å²) in [5.74, 6) is -0.248. The molecule has 100 valence electrons. The van der Waals surface area contributed by atoms with E-state index in [1.165, 1.54) is 39.2 Å². The van der Waals surface area contributed by atoms with Crippen molar-refractivity contribution in [2.24, 2.45) is 0 Å². The summed E-state index contributed by atoms with van der Waals surface area (Å²) in [4.78, 5) is 11.1. The number of esters is 1. The molecular weight excluding hydrogens is 214 g/mol.